The van der Waals surface area contributed by atoms with Crippen LogP contribution in [0.4, 0.5) is 5.82 Å². The van der Waals surface area contributed by atoms with Crippen LogP contribution < -0.4 is 10.6 Å². The minimum absolute atomic E-state index is 0.0987. The highest BCUT2D eigenvalue weighted by atomic mass is 35.5. The van der Waals surface area contributed by atoms with Gasteiger partial charge in [-0.3, -0.25) is 14.4 Å². The maximum Gasteiger partial charge on any atom is 0.326 e. The molecule has 7 nitrogen and oxygen atoms in total. The molecule has 1 atom stereocenters. The molecule has 2 N–H and O–H groups in total. The van der Waals surface area contributed by atoms with Crippen molar-refractivity contribution in [3.63, 3.8) is 0 Å². The van der Waals surface area contributed by atoms with Crippen molar-refractivity contribution in [1.29, 1.82) is 0 Å². The highest BCUT2D eigenvalue weighted by molar-refractivity contribution is 6.36. The third-order valence-electron chi connectivity index (χ3n) is 3.43. The molecular formula is C18H17Cl2N3O4. The highest BCUT2D eigenvalue weighted by Crippen LogP contribution is 2.22. The topological polar surface area (TPSA) is 97.4 Å². The van der Waals surface area contributed by atoms with Gasteiger partial charge in [-0.2, -0.15) is 0 Å². The number of amides is 2. The number of anilines is 1. The fourth-order valence-corrected chi connectivity index (χ4v) is 2.40. The summed E-state index contributed by atoms with van der Waals surface area (Å²) in [6, 6.07) is 8.29. The summed E-state index contributed by atoms with van der Waals surface area (Å²) in [6.45, 7) is 2.92. The summed E-state index contributed by atoms with van der Waals surface area (Å²) in [4.78, 5) is 39.7. The van der Waals surface area contributed by atoms with E-state index < -0.39 is 23.9 Å². The molecule has 1 aromatic carbocycles. The predicted molar refractivity (Wildman–Crippen MR) is 102 cm³/mol. The number of halogens is 2. The Balaban J connectivity index is 1.82. The summed E-state index contributed by atoms with van der Waals surface area (Å²) in [5.41, 5.74) is 1.43. The number of aromatic nitrogens is 1. The van der Waals surface area contributed by atoms with E-state index in [4.69, 9.17) is 27.9 Å². The lowest BCUT2D eigenvalue weighted by atomic mass is 10.1. The maximum atomic E-state index is 12.1. The molecule has 9 heteroatoms. The van der Waals surface area contributed by atoms with Crippen molar-refractivity contribution in [2.75, 3.05) is 11.9 Å². The molecule has 0 saturated heterocycles. The SMILES string of the molecule is Cc1ccc(C(=O)NCC(=O)OC(C)C(=O)Nc2ncc(Cl)cc2Cl)cc1. The summed E-state index contributed by atoms with van der Waals surface area (Å²) in [7, 11) is 0. The predicted octanol–water partition coefficient (Wildman–Crippen LogP) is 3.00. The van der Waals surface area contributed by atoms with Gasteiger partial charge in [0.15, 0.2) is 11.9 Å². The van der Waals surface area contributed by atoms with E-state index in [0.717, 1.165) is 5.56 Å². The van der Waals surface area contributed by atoms with Crippen LogP contribution in [0.5, 0.6) is 0 Å². The summed E-state index contributed by atoms with van der Waals surface area (Å²) in [5, 5.41) is 5.34. The Hall–Kier alpha value is -2.64. The normalized spacial score (nSPS) is 11.4. The first-order chi connectivity index (χ1) is 12.8. The number of ether oxygens (including phenoxy) is 1. The van der Waals surface area contributed by atoms with Crippen molar-refractivity contribution in [3.05, 3.63) is 57.7 Å². The second-order valence-electron chi connectivity index (χ2n) is 5.65. The Morgan fingerprint density at radius 1 is 1.19 bits per heavy atom. The third-order valence-corrected chi connectivity index (χ3v) is 3.93. The molecule has 27 heavy (non-hydrogen) atoms. The Bertz CT molecular complexity index is 856. The van der Waals surface area contributed by atoms with Crippen LogP contribution in [0, 0.1) is 6.92 Å². The molecule has 0 fully saturated rings. The molecule has 1 unspecified atom stereocenters. The molecule has 2 amide bonds. The van der Waals surface area contributed by atoms with Crippen LogP contribution in [0.2, 0.25) is 10.0 Å². The molecule has 0 aliphatic carbocycles. The van der Waals surface area contributed by atoms with Crippen molar-refractivity contribution >= 4 is 46.8 Å². The first kappa shape index (κ1) is 20.7. The average Bonchev–Trinajstić information content (AvgIpc) is 2.62. The summed E-state index contributed by atoms with van der Waals surface area (Å²) in [5.74, 6) is -1.69. The van der Waals surface area contributed by atoms with Crippen molar-refractivity contribution in [2.45, 2.75) is 20.0 Å². The van der Waals surface area contributed by atoms with Crippen LogP contribution in [0.15, 0.2) is 36.5 Å². The zero-order valence-electron chi connectivity index (χ0n) is 14.6. The summed E-state index contributed by atoms with van der Waals surface area (Å²) in [6.07, 6.45) is 0.211. The van der Waals surface area contributed by atoms with E-state index >= 15 is 0 Å². The van der Waals surface area contributed by atoms with E-state index in [9.17, 15) is 14.4 Å². The van der Waals surface area contributed by atoms with Crippen LogP contribution in [-0.4, -0.2) is 35.4 Å². The molecule has 0 radical (unpaired) electrons. The zero-order valence-corrected chi connectivity index (χ0v) is 16.1. The summed E-state index contributed by atoms with van der Waals surface area (Å²) >= 11 is 11.7. The van der Waals surface area contributed by atoms with E-state index in [1.165, 1.54) is 19.2 Å². The number of benzene rings is 1. The van der Waals surface area contributed by atoms with Gasteiger partial charge in [0, 0.05) is 11.8 Å². The molecular weight excluding hydrogens is 393 g/mol. The fraction of sp³-hybridized carbons (Fsp3) is 0.222. The molecule has 2 rings (SSSR count). The van der Waals surface area contributed by atoms with Crippen LogP contribution in [-0.2, 0) is 14.3 Å². The average molecular weight is 410 g/mol. The molecule has 1 heterocycles. The number of carbonyl (C=O) groups is 3. The number of carbonyl (C=O) groups excluding carboxylic acids is 3. The van der Waals surface area contributed by atoms with Gasteiger partial charge in [-0.15, -0.1) is 0 Å². The monoisotopic (exact) mass is 409 g/mol. The van der Waals surface area contributed by atoms with Crippen molar-refractivity contribution in [1.82, 2.24) is 10.3 Å². The smallest absolute Gasteiger partial charge is 0.326 e. The van der Waals surface area contributed by atoms with Crippen LogP contribution in [0.1, 0.15) is 22.8 Å². The third kappa shape index (κ3) is 6.23. The number of pyridine rings is 1. The van der Waals surface area contributed by atoms with Gasteiger partial charge in [0.1, 0.15) is 6.54 Å². The summed E-state index contributed by atoms with van der Waals surface area (Å²) < 4.78 is 4.99. The second kappa shape index (κ2) is 9.34. The fourth-order valence-electron chi connectivity index (χ4n) is 1.98. The molecule has 142 valence electrons. The minimum Gasteiger partial charge on any atom is -0.451 e. The van der Waals surface area contributed by atoms with E-state index in [1.807, 2.05) is 6.92 Å². The highest BCUT2D eigenvalue weighted by Gasteiger charge is 2.20. The molecule has 1 aromatic heterocycles. The van der Waals surface area contributed by atoms with Gasteiger partial charge in [0.05, 0.1) is 10.0 Å². The van der Waals surface area contributed by atoms with E-state index in [2.05, 4.69) is 15.6 Å². The Morgan fingerprint density at radius 2 is 1.85 bits per heavy atom. The molecule has 0 bridgehead atoms. The second-order valence-corrected chi connectivity index (χ2v) is 6.50. The molecule has 2 aromatic rings. The van der Waals surface area contributed by atoms with Gasteiger partial charge >= 0.3 is 5.97 Å². The standard InChI is InChI=1S/C18H17Cl2N3O4/c1-10-3-5-12(6-4-10)18(26)22-9-15(24)27-11(2)17(25)23-16-14(20)7-13(19)8-21-16/h3-8,11H,9H2,1-2H3,(H,22,26)(H,21,23,25). The largest absolute Gasteiger partial charge is 0.451 e. The van der Waals surface area contributed by atoms with E-state index in [-0.39, 0.29) is 17.4 Å². The Kier molecular flexibility index (Phi) is 7.15. The first-order valence-corrected chi connectivity index (χ1v) is 8.68. The lowest BCUT2D eigenvalue weighted by Gasteiger charge is -2.14. The van der Waals surface area contributed by atoms with E-state index in [0.29, 0.717) is 10.6 Å². The van der Waals surface area contributed by atoms with Crippen LogP contribution in [0.25, 0.3) is 0 Å². The zero-order chi connectivity index (χ0) is 20.0. The number of hydrogen-bond acceptors (Lipinski definition) is 5. The van der Waals surface area contributed by atoms with Gasteiger partial charge in [-0.05, 0) is 32.0 Å². The van der Waals surface area contributed by atoms with E-state index in [1.54, 1.807) is 24.3 Å². The number of rotatable bonds is 6. The quantitative estimate of drug-likeness (QED) is 0.714. The number of aryl methyl sites for hydroxylation is 1. The molecule has 0 aliphatic heterocycles. The Labute approximate surface area is 166 Å². The molecule has 0 aliphatic rings. The van der Waals surface area contributed by atoms with Gasteiger partial charge in [-0.1, -0.05) is 40.9 Å². The van der Waals surface area contributed by atoms with Gasteiger partial charge in [-0.25, -0.2) is 4.98 Å². The number of hydrogen-bond donors (Lipinski definition) is 2. The molecule has 0 spiro atoms. The first-order valence-electron chi connectivity index (χ1n) is 7.92. The van der Waals surface area contributed by atoms with Crippen molar-refractivity contribution in [3.8, 4) is 0 Å². The van der Waals surface area contributed by atoms with Gasteiger partial charge < -0.3 is 15.4 Å². The lowest BCUT2D eigenvalue weighted by molar-refractivity contribution is -0.152. The maximum absolute atomic E-state index is 12.1. The number of nitrogens with one attached hydrogen (secondary N) is 2. The van der Waals surface area contributed by atoms with Crippen LogP contribution >= 0.6 is 23.2 Å². The van der Waals surface area contributed by atoms with Gasteiger partial charge in [0.2, 0.25) is 0 Å². The number of esters is 1. The molecule has 0 saturated carbocycles. The van der Waals surface area contributed by atoms with Gasteiger partial charge in [0.25, 0.3) is 11.8 Å². The number of nitrogens with zero attached hydrogens (tertiary/aromatic N) is 1. The minimum atomic E-state index is -1.11. The van der Waals surface area contributed by atoms with Crippen LogP contribution in [0.3, 0.4) is 0 Å². The lowest BCUT2D eigenvalue weighted by Crippen LogP contribution is -2.36. The van der Waals surface area contributed by atoms with Crippen molar-refractivity contribution in [2.24, 2.45) is 0 Å². The Morgan fingerprint density at radius 3 is 2.48 bits per heavy atom. The van der Waals surface area contributed by atoms with Crippen molar-refractivity contribution < 1.29 is 19.1 Å².